The molecule has 9 rings (SSSR count). The van der Waals surface area contributed by atoms with Gasteiger partial charge in [-0.2, -0.15) is 0 Å². The predicted molar refractivity (Wildman–Crippen MR) is 273 cm³/mol. The van der Waals surface area contributed by atoms with E-state index >= 15 is 0 Å². The second-order valence-corrected chi connectivity index (χ2v) is 21.3. The number of benzene rings is 5. The van der Waals surface area contributed by atoms with Gasteiger partial charge in [-0.05, 0) is 162 Å². The third-order valence-electron chi connectivity index (χ3n) is 16.1. The minimum absolute atomic E-state index is 0.284. The first-order valence-corrected chi connectivity index (χ1v) is 24.3. The molecule has 2 heteroatoms. The smallest absolute Gasteiger partial charge is 0.0908 e. The molecule has 5 aromatic carbocycles. The highest BCUT2D eigenvalue weighted by Crippen LogP contribution is 2.63. The van der Waals surface area contributed by atoms with Crippen LogP contribution in [0, 0.1) is 64.7 Å². The molecule has 2 bridgehead atoms. The largest absolute Gasteiger partial charge is 0.243 e. The van der Waals surface area contributed by atoms with Crippen molar-refractivity contribution in [3.05, 3.63) is 170 Å². The highest BCUT2D eigenvalue weighted by atomic mass is 14.6. The number of fused-ring (bicyclic) bond motifs is 4. The van der Waals surface area contributed by atoms with E-state index in [2.05, 4.69) is 185 Å². The van der Waals surface area contributed by atoms with Crippen LogP contribution in [0.25, 0.3) is 11.1 Å². The first kappa shape index (κ1) is 42.7. The normalized spacial score (nSPS) is 22.4. The van der Waals surface area contributed by atoms with Crippen LogP contribution >= 0.6 is 0 Å². The Labute approximate surface area is 376 Å². The molecule has 3 aliphatic carbocycles. The SMILES string of the molecule is C/C=C(\C=C/CB(c1c(C)cc(C)cc1C)c1c(C)cc(C)cc1C)C1C/C=C2/CC3CC(Cc4cc(C(C)C)c(B5c6ccccc6-c6ccccc65)c(C(C)C)c4)(C1)CC23. The fraction of sp³-hybridized carbons (Fsp3) is 0.400. The minimum Gasteiger partial charge on any atom is -0.0908 e. The Hall–Kier alpha value is -4.55. The Morgan fingerprint density at radius 1 is 0.710 bits per heavy atom. The van der Waals surface area contributed by atoms with Crippen molar-refractivity contribution in [3.8, 4) is 11.1 Å². The molecule has 5 aromatic rings. The first-order chi connectivity index (χ1) is 29.8. The van der Waals surface area contributed by atoms with Crippen LogP contribution in [0.15, 0.2) is 120 Å². The quantitative estimate of drug-likeness (QED) is 0.0694. The fourth-order valence-electron chi connectivity index (χ4n) is 13.9. The summed E-state index contributed by atoms with van der Waals surface area (Å²) < 4.78 is 0. The predicted octanol–water partition coefficient (Wildman–Crippen LogP) is 12.4. The third kappa shape index (κ3) is 7.67. The zero-order chi connectivity index (χ0) is 43.6. The van der Waals surface area contributed by atoms with Gasteiger partial charge in [-0.3, -0.25) is 0 Å². The van der Waals surface area contributed by atoms with Crippen molar-refractivity contribution in [2.24, 2.45) is 23.2 Å². The average molecular weight is 813 g/mol. The summed E-state index contributed by atoms with van der Waals surface area (Å²) in [7, 11) is 0. The lowest BCUT2D eigenvalue weighted by Gasteiger charge is -2.37. The highest BCUT2D eigenvalue weighted by molar-refractivity contribution is 6.99. The van der Waals surface area contributed by atoms with Crippen LogP contribution in [-0.2, 0) is 6.42 Å². The Kier molecular flexibility index (Phi) is 11.6. The van der Waals surface area contributed by atoms with Gasteiger partial charge in [-0.25, -0.2) is 0 Å². The van der Waals surface area contributed by atoms with E-state index in [0.717, 1.165) is 18.2 Å². The molecule has 2 fully saturated rings. The van der Waals surface area contributed by atoms with Crippen LogP contribution in [0.5, 0.6) is 0 Å². The van der Waals surface area contributed by atoms with E-state index in [1.807, 2.05) is 0 Å². The zero-order valence-corrected chi connectivity index (χ0v) is 39.9. The molecule has 0 saturated heterocycles. The summed E-state index contributed by atoms with van der Waals surface area (Å²) >= 11 is 0. The van der Waals surface area contributed by atoms with Gasteiger partial charge in [0, 0.05) is 0 Å². The summed E-state index contributed by atoms with van der Waals surface area (Å²) in [6.07, 6.45) is 19.0. The molecule has 4 aliphatic rings. The maximum Gasteiger partial charge on any atom is 0.243 e. The van der Waals surface area contributed by atoms with Gasteiger partial charge in [0.25, 0.3) is 0 Å². The van der Waals surface area contributed by atoms with Crippen LogP contribution < -0.4 is 27.3 Å². The number of rotatable bonds is 11. The van der Waals surface area contributed by atoms with Gasteiger partial charge in [0.15, 0.2) is 0 Å². The monoisotopic (exact) mass is 813 g/mol. The van der Waals surface area contributed by atoms with Crippen molar-refractivity contribution >= 4 is 40.7 Å². The van der Waals surface area contributed by atoms with E-state index in [4.69, 9.17) is 0 Å². The minimum atomic E-state index is 0.284. The molecule has 62 heavy (non-hydrogen) atoms. The standard InChI is InChI=1S/C60H70B2/c1-12-46(18-17-25-61(57-41(8)26-39(6)27-42(57)9)58-43(10)28-40(7)29-44(58)11)48-24-23-47-32-49-35-60(34-48,36-54(47)49)33-45-30-52(37(2)3)59(53(31-45)38(4)5)62-55-21-15-13-19-50(55)51-20-14-16-22-56(51)62/h12-23,26-31,37-38,48-49,54H,24-25,32-36H2,1-11H3/b18-17-,46-12+,47-23-. The summed E-state index contributed by atoms with van der Waals surface area (Å²) in [5.74, 6) is 3.11. The van der Waals surface area contributed by atoms with Crippen LogP contribution in [0.2, 0.25) is 6.32 Å². The molecule has 2 saturated carbocycles. The molecule has 0 nitrogen and oxygen atoms in total. The fourth-order valence-corrected chi connectivity index (χ4v) is 13.9. The van der Waals surface area contributed by atoms with E-state index in [1.165, 1.54) is 110 Å². The molecule has 4 unspecified atom stereocenters. The Balaban J connectivity index is 1.05. The highest BCUT2D eigenvalue weighted by Gasteiger charge is 2.53. The van der Waals surface area contributed by atoms with Gasteiger partial charge in [0.05, 0.1) is 0 Å². The van der Waals surface area contributed by atoms with Gasteiger partial charge >= 0.3 is 0 Å². The van der Waals surface area contributed by atoms with Crippen molar-refractivity contribution in [1.29, 1.82) is 0 Å². The molecule has 0 aromatic heterocycles. The van der Waals surface area contributed by atoms with Crippen LogP contribution in [0.1, 0.15) is 129 Å². The maximum atomic E-state index is 2.69. The van der Waals surface area contributed by atoms with Gasteiger partial charge in [-0.1, -0.05) is 203 Å². The molecule has 1 heterocycles. The summed E-state index contributed by atoms with van der Waals surface area (Å²) in [4.78, 5) is 0. The molecular formula is C60H70B2. The number of aryl methyl sites for hydroxylation is 6. The van der Waals surface area contributed by atoms with E-state index in [1.54, 1.807) is 27.7 Å². The third-order valence-corrected chi connectivity index (χ3v) is 16.1. The van der Waals surface area contributed by atoms with E-state index in [9.17, 15) is 0 Å². The Morgan fingerprint density at radius 2 is 1.24 bits per heavy atom. The number of allylic oxidation sites excluding steroid dienone is 6. The molecule has 316 valence electrons. The number of hydrogen-bond donors (Lipinski definition) is 0. The van der Waals surface area contributed by atoms with Crippen molar-refractivity contribution in [2.75, 3.05) is 0 Å². The van der Waals surface area contributed by atoms with Crippen LogP contribution in [0.4, 0.5) is 0 Å². The molecule has 4 atom stereocenters. The van der Waals surface area contributed by atoms with E-state index in [0.29, 0.717) is 29.9 Å². The van der Waals surface area contributed by atoms with Gasteiger partial charge in [0.1, 0.15) is 0 Å². The summed E-state index contributed by atoms with van der Waals surface area (Å²) in [6, 6.07) is 33.4. The van der Waals surface area contributed by atoms with Gasteiger partial charge < -0.3 is 0 Å². The van der Waals surface area contributed by atoms with Gasteiger partial charge in [-0.15, -0.1) is 0 Å². The summed E-state index contributed by atoms with van der Waals surface area (Å²) in [6.45, 7) is 26.5. The summed E-state index contributed by atoms with van der Waals surface area (Å²) in [5, 5.41) is 0. The average Bonchev–Trinajstić information content (AvgIpc) is 3.72. The van der Waals surface area contributed by atoms with Gasteiger partial charge in [0.2, 0.25) is 13.4 Å². The topological polar surface area (TPSA) is 0 Å². The lowest BCUT2D eigenvalue weighted by Crippen LogP contribution is -2.52. The Morgan fingerprint density at radius 3 is 1.76 bits per heavy atom. The van der Waals surface area contributed by atoms with E-state index in [-0.39, 0.29) is 6.71 Å². The molecule has 0 amide bonds. The zero-order valence-electron chi connectivity index (χ0n) is 39.9. The molecular weight excluding hydrogens is 742 g/mol. The Bertz CT molecular complexity index is 2450. The van der Waals surface area contributed by atoms with E-state index < -0.39 is 0 Å². The molecule has 1 aliphatic heterocycles. The maximum absolute atomic E-state index is 2.69. The lowest BCUT2D eigenvalue weighted by atomic mass is 9.36. The molecule has 0 N–H and O–H groups in total. The van der Waals surface area contributed by atoms with Crippen molar-refractivity contribution in [2.45, 2.75) is 133 Å². The number of hydrogen-bond acceptors (Lipinski definition) is 0. The summed E-state index contributed by atoms with van der Waals surface area (Å²) in [5.41, 5.74) is 27.1. The van der Waals surface area contributed by atoms with Crippen LogP contribution in [0.3, 0.4) is 0 Å². The second kappa shape index (κ2) is 16.9. The van der Waals surface area contributed by atoms with Crippen molar-refractivity contribution in [1.82, 2.24) is 0 Å². The van der Waals surface area contributed by atoms with Crippen LogP contribution in [-0.4, -0.2) is 13.4 Å². The van der Waals surface area contributed by atoms with Crippen molar-refractivity contribution in [3.63, 3.8) is 0 Å². The second-order valence-electron chi connectivity index (χ2n) is 21.3. The lowest BCUT2D eigenvalue weighted by molar-refractivity contribution is 0.224. The first-order valence-electron chi connectivity index (χ1n) is 24.3. The molecule has 0 radical (unpaired) electrons. The van der Waals surface area contributed by atoms with Crippen molar-refractivity contribution < 1.29 is 0 Å². The molecule has 0 spiro atoms.